The first-order valence-electron chi connectivity index (χ1n) is 6.92. The van der Waals surface area contributed by atoms with E-state index in [1.54, 1.807) is 0 Å². The Kier molecular flexibility index (Phi) is 4.18. The normalized spacial score (nSPS) is 11.4. The molecular formula is C20H15Cl. The Hall–Kier alpha value is -2.31. The summed E-state index contributed by atoms with van der Waals surface area (Å²) in [7, 11) is 0. The molecule has 0 saturated carbocycles. The van der Waals surface area contributed by atoms with Crippen molar-refractivity contribution in [3.05, 3.63) is 107 Å². The summed E-state index contributed by atoms with van der Waals surface area (Å²) in [6.07, 6.45) is 2.18. The second kappa shape index (κ2) is 6.43. The lowest BCUT2D eigenvalue weighted by Crippen LogP contribution is -1.89. The lowest BCUT2D eigenvalue weighted by molar-refractivity contribution is 1.55. The van der Waals surface area contributed by atoms with Crippen LogP contribution in [-0.4, -0.2) is 0 Å². The number of benzene rings is 3. The van der Waals surface area contributed by atoms with Gasteiger partial charge in [0.15, 0.2) is 0 Å². The number of hydrogen-bond donors (Lipinski definition) is 0. The van der Waals surface area contributed by atoms with Crippen molar-refractivity contribution in [2.75, 3.05) is 0 Å². The van der Waals surface area contributed by atoms with Gasteiger partial charge in [-0.1, -0.05) is 90.5 Å². The van der Waals surface area contributed by atoms with Crippen LogP contribution < -0.4 is 0 Å². The molecule has 0 nitrogen and oxygen atoms in total. The van der Waals surface area contributed by atoms with E-state index in [4.69, 9.17) is 11.6 Å². The molecule has 0 radical (unpaired) electrons. The van der Waals surface area contributed by atoms with Gasteiger partial charge in [-0.15, -0.1) is 0 Å². The minimum Gasteiger partial charge on any atom is -0.0837 e. The molecule has 3 aromatic carbocycles. The molecule has 0 bridgehead atoms. The van der Waals surface area contributed by atoms with Gasteiger partial charge in [-0.05, 0) is 28.8 Å². The number of halogens is 1. The van der Waals surface area contributed by atoms with Crippen LogP contribution >= 0.6 is 11.6 Å². The van der Waals surface area contributed by atoms with Gasteiger partial charge in [0.25, 0.3) is 0 Å². The Morgan fingerprint density at radius 3 is 1.90 bits per heavy atom. The quantitative estimate of drug-likeness (QED) is 0.525. The fourth-order valence-corrected chi connectivity index (χ4v) is 2.57. The molecule has 0 fully saturated rings. The summed E-state index contributed by atoms with van der Waals surface area (Å²) in [5.74, 6) is 0. The molecule has 0 saturated heterocycles. The van der Waals surface area contributed by atoms with Crippen LogP contribution in [0.15, 0.2) is 84.9 Å². The highest BCUT2D eigenvalue weighted by Crippen LogP contribution is 2.30. The predicted octanol–water partition coefficient (Wildman–Crippen LogP) is 5.93. The van der Waals surface area contributed by atoms with Crippen LogP contribution in [0.25, 0.3) is 11.6 Å². The summed E-state index contributed by atoms with van der Waals surface area (Å²) >= 11 is 6.39. The van der Waals surface area contributed by atoms with Gasteiger partial charge in [0.1, 0.15) is 0 Å². The van der Waals surface area contributed by atoms with Crippen LogP contribution in [-0.2, 0) is 0 Å². The van der Waals surface area contributed by atoms with Crippen molar-refractivity contribution < 1.29 is 0 Å². The van der Waals surface area contributed by atoms with E-state index in [0.717, 1.165) is 27.3 Å². The zero-order valence-electron chi connectivity index (χ0n) is 11.5. The van der Waals surface area contributed by atoms with Crippen molar-refractivity contribution in [1.29, 1.82) is 0 Å². The zero-order valence-corrected chi connectivity index (χ0v) is 12.3. The molecule has 0 spiro atoms. The predicted molar refractivity (Wildman–Crippen MR) is 91.3 cm³/mol. The average Bonchev–Trinajstić information content (AvgIpc) is 2.55. The molecule has 0 N–H and O–H groups in total. The van der Waals surface area contributed by atoms with Crippen LogP contribution in [0.1, 0.15) is 16.7 Å². The van der Waals surface area contributed by atoms with E-state index in [-0.39, 0.29) is 0 Å². The first-order valence-corrected chi connectivity index (χ1v) is 7.29. The third-order valence-electron chi connectivity index (χ3n) is 3.36. The van der Waals surface area contributed by atoms with Gasteiger partial charge >= 0.3 is 0 Å². The highest BCUT2D eigenvalue weighted by atomic mass is 35.5. The topological polar surface area (TPSA) is 0 Å². The average molecular weight is 291 g/mol. The van der Waals surface area contributed by atoms with Gasteiger partial charge in [-0.2, -0.15) is 0 Å². The van der Waals surface area contributed by atoms with Crippen LogP contribution in [0.2, 0.25) is 5.02 Å². The smallest absolute Gasteiger partial charge is 0.0484 e. The SMILES string of the molecule is Clc1ccccc1/C(=C/c1ccccc1)c1ccccc1. The maximum atomic E-state index is 6.39. The van der Waals surface area contributed by atoms with E-state index in [1.165, 1.54) is 0 Å². The Labute approximate surface area is 130 Å². The summed E-state index contributed by atoms with van der Waals surface area (Å²) in [4.78, 5) is 0. The van der Waals surface area contributed by atoms with E-state index in [1.807, 2.05) is 54.6 Å². The largest absolute Gasteiger partial charge is 0.0837 e. The Balaban J connectivity index is 2.17. The van der Waals surface area contributed by atoms with Crippen LogP contribution in [0.4, 0.5) is 0 Å². The standard InChI is InChI=1S/C20H15Cl/c21-20-14-8-7-13-18(20)19(17-11-5-2-6-12-17)15-16-9-3-1-4-10-16/h1-15H/b19-15+. The van der Waals surface area contributed by atoms with Crippen LogP contribution in [0.3, 0.4) is 0 Å². The third kappa shape index (κ3) is 3.24. The molecule has 0 heterocycles. The molecule has 0 aromatic heterocycles. The van der Waals surface area contributed by atoms with E-state index >= 15 is 0 Å². The minimum absolute atomic E-state index is 0.767. The van der Waals surface area contributed by atoms with E-state index in [0.29, 0.717) is 0 Å². The van der Waals surface area contributed by atoms with Crippen LogP contribution in [0, 0.1) is 0 Å². The summed E-state index contributed by atoms with van der Waals surface area (Å²) in [6.45, 7) is 0. The summed E-state index contributed by atoms with van der Waals surface area (Å²) in [5.41, 5.74) is 4.51. The van der Waals surface area contributed by atoms with Gasteiger partial charge in [0.2, 0.25) is 0 Å². The summed E-state index contributed by atoms with van der Waals surface area (Å²) in [6, 6.07) is 28.6. The maximum Gasteiger partial charge on any atom is 0.0484 e. The number of hydrogen-bond acceptors (Lipinski definition) is 0. The second-order valence-electron chi connectivity index (χ2n) is 4.81. The first kappa shape index (κ1) is 13.7. The van der Waals surface area contributed by atoms with Crippen molar-refractivity contribution in [3.8, 4) is 0 Å². The van der Waals surface area contributed by atoms with Crippen molar-refractivity contribution in [2.45, 2.75) is 0 Å². The van der Waals surface area contributed by atoms with Gasteiger partial charge in [0, 0.05) is 10.6 Å². The van der Waals surface area contributed by atoms with E-state index in [2.05, 4.69) is 36.4 Å². The third-order valence-corrected chi connectivity index (χ3v) is 3.69. The molecule has 0 aliphatic heterocycles. The lowest BCUT2D eigenvalue weighted by Gasteiger charge is -2.10. The lowest BCUT2D eigenvalue weighted by atomic mass is 9.96. The van der Waals surface area contributed by atoms with Crippen molar-refractivity contribution in [1.82, 2.24) is 0 Å². The fourth-order valence-electron chi connectivity index (χ4n) is 2.33. The van der Waals surface area contributed by atoms with Crippen molar-refractivity contribution >= 4 is 23.3 Å². The molecular weight excluding hydrogens is 276 g/mol. The molecule has 0 aliphatic carbocycles. The molecule has 1 heteroatoms. The van der Waals surface area contributed by atoms with Gasteiger partial charge in [-0.3, -0.25) is 0 Å². The molecule has 102 valence electrons. The first-order chi connectivity index (χ1) is 10.3. The Bertz CT molecular complexity index is 743. The highest BCUT2D eigenvalue weighted by Gasteiger charge is 2.08. The van der Waals surface area contributed by atoms with Gasteiger partial charge in [-0.25, -0.2) is 0 Å². The Morgan fingerprint density at radius 1 is 0.667 bits per heavy atom. The molecule has 0 unspecified atom stereocenters. The molecule has 0 amide bonds. The minimum atomic E-state index is 0.767. The molecule has 3 aromatic rings. The van der Waals surface area contributed by atoms with Crippen LogP contribution in [0.5, 0.6) is 0 Å². The molecule has 21 heavy (non-hydrogen) atoms. The van der Waals surface area contributed by atoms with Gasteiger partial charge < -0.3 is 0 Å². The van der Waals surface area contributed by atoms with E-state index < -0.39 is 0 Å². The highest BCUT2D eigenvalue weighted by molar-refractivity contribution is 6.32. The maximum absolute atomic E-state index is 6.39. The Morgan fingerprint density at radius 2 is 1.24 bits per heavy atom. The van der Waals surface area contributed by atoms with Gasteiger partial charge in [0.05, 0.1) is 0 Å². The summed E-state index contributed by atoms with van der Waals surface area (Å²) in [5, 5.41) is 0.767. The van der Waals surface area contributed by atoms with Crippen molar-refractivity contribution in [2.24, 2.45) is 0 Å². The van der Waals surface area contributed by atoms with E-state index in [9.17, 15) is 0 Å². The molecule has 0 atom stereocenters. The van der Waals surface area contributed by atoms with Crippen molar-refractivity contribution in [3.63, 3.8) is 0 Å². The second-order valence-corrected chi connectivity index (χ2v) is 5.22. The zero-order chi connectivity index (χ0) is 14.5. The number of rotatable bonds is 3. The summed E-state index contributed by atoms with van der Waals surface area (Å²) < 4.78 is 0. The monoisotopic (exact) mass is 290 g/mol. The fraction of sp³-hybridized carbons (Fsp3) is 0. The molecule has 0 aliphatic rings. The molecule has 3 rings (SSSR count).